The molecule has 1 atom stereocenters. The summed E-state index contributed by atoms with van der Waals surface area (Å²) in [4.78, 5) is 42.0. The third kappa shape index (κ3) is 4.39. The van der Waals surface area contributed by atoms with E-state index in [1.165, 1.54) is 4.90 Å². The van der Waals surface area contributed by atoms with Crippen LogP contribution in [0.4, 0.5) is 5.69 Å². The number of benzene rings is 1. The van der Waals surface area contributed by atoms with Crippen molar-refractivity contribution in [3.63, 3.8) is 0 Å². The zero-order valence-corrected chi connectivity index (χ0v) is 15.8. The molecule has 0 aliphatic carbocycles. The standard InChI is InChI=1S/C19H26N4O4/c1-3-27-16-7-5-4-6-14(16)20-17(24)8-9-22-10-11-23-15(12-22)19(26)21(2)13-18(23)25/h4-7,15H,3,8-13H2,1-2H3,(H,20,24). The van der Waals surface area contributed by atoms with Crippen LogP contribution in [0.5, 0.6) is 5.75 Å². The molecule has 1 aromatic rings. The van der Waals surface area contributed by atoms with Gasteiger partial charge in [-0.25, -0.2) is 0 Å². The average Bonchev–Trinajstić information content (AvgIpc) is 2.66. The van der Waals surface area contributed by atoms with Gasteiger partial charge in [0.05, 0.1) is 18.8 Å². The molecule has 27 heavy (non-hydrogen) atoms. The zero-order valence-electron chi connectivity index (χ0n) is 15.8. The molecule has 0 aromatic heterocycles. The van der Waals surface area contributed by atoms with Gasteiger partial charge in [0.2, 0.25) is 17.7 Å². The summed E-state index contributed by atoms with van der Waals surface area (Å²) >= 11 is 0. The topological polar surface area (TPSA) is 82.2 Å². The lowest BCUT2D eigenvalue weighted by molar-refractivity contribution is -0.158. The molecular formula is C19H26N4O4. The van der Waals surface area contributed by atoms with E-state index in [-0.39, 0.29) is 24.3 Å². The Morgan fingerprint density at radius 3 is 2.81 bits per heavy atom. The van der Waals surface area contributed by atoms with Crippen molar-refractivity contribution in [2.45, 2.75) is 19.4 Å². The molecule has 3 amide bonds. The lowest BCUT2D eigenvalue weighted by Gasteiger charge is -2.45. The lowest BCUT2D eigenvalue weighted by Crippen LogP contribution is -2.66. The summed E-state index contributed by atoms with van der Waals surface area (Å²) in [6.45, 7) is 4.78. The number of nitrogens with one attached hydrogen (secondary N) is 1. The van der Waals surface area contributed by atoms with Gasteiger partial charge in [0.1, 0.15) is 11.8 Å². The average molecular weight is 374 g/mol. The highest BCUT2D eigenvalue weighted by Gasteiger charge is 2.41. The van der Waals surface area contributed by atoms with Crippen LogP contribution in [0.1, 0.15) is 13.3 Å². The molecule has 2 heterocycles. The number of likely N-dealkylation sites (N-methyl/N-ethyl adjacent to an activating group) is 1. The predicted octanol–water partition coefficient (Wildman–Crippen LogP) is 0.399. The van der Waals surface area contributed by atoms with Gasteiger partial charge in [-0.15, -0.1) is 0 Å². The molecule has 0 saturated carbocycles. The van der Waals surface area contributed by atoms with Crippen LogP contribution in [-0.2, 0) is 14.4 Å². The molecule has 2 aliphatic heterocycles. The number of ether oxygens (including phenoxy) is 1. The highest BCUT2D eigenvalue weighted by molar-refractivity contribution is 5.95. The zero-order chi connectivity index (χ0) is 19.4. The summed E-state index contributed by atoms with van der Waals surface area (Å²) in [6.07, 6.45) is 0.311. The minimum absolute atomic E-state index is 0.00738. The van der Waals surface area contributed by atoms with Crippen LogP contribution in [0, 0.1) is 0 Å². The van der Waals surface area contributed by atoms with Crippen LogP contribution >= 0.6 is 0 Å². The first-order valence-electron chi connectivity index (χ1n) is 9.28. The number of carbonyl (C=O) groups excluding carboxylic acids is 3. The Morgan fingerprint density at radius 2 is 2.04 bits per heavy atom. The number of fused-ring (bicyclic) bond motifs is 1. The number of hydrogen-bond acceptors (Lipinski definition) is 5. The first-order valence-corrected chi connectivity index (χ1v) is 9.28. The van der Waals surface area contributed by atoms with Gasteiger partial charge in [-0.2, -0.15) is 0 Å². The number of piperazine rings is 2. The van der Waals surface area contributed by atoms with Crippen molar-refractivity contribution in [1.82, 2.24) is 14.7 Å². The Labute approximate surface area is 159 Å². The summed E-state index contributed by atoms with van der Waals surface area (Å²) in [5, 5.41) is 2.88. The number of anilines is 1. The monoisotopic (exact) mass is 374 g/mol. The van der Waals surface area contributed by atoms with Crippen molar-refractivity contribution in [3.05, 3.63) is 24.3 Å². The second kappa shape index (κ2) is 8.39. The van der Waals surface area contributed by atoms with Gasteiger partial charge in [0.15, 0.2) is 0 Å². The number of nitrogens with zero attached hydrogens (tertiary/aromatic N) is 3. The molecule has 0 radical (unpaired) electrons. The molecule has 1 aromatic carbocycles. The quantitative estimate of drug-likeness (QED) is 0.779. The maximum Gasteiger partial charge on any atom is 0.246 e. The van der Waals surface area contributed by atoms with Crippen molar-refractivity contribution in [2.24, 2.45) is 0 Å². The summed E-state index contributed by atoms with van der Waals surface area (Å²) in [6, 6.07) is 6.90. The third-order valence-electron chi connectivity index (χ3n) is 4.93. The van der Waals surface area contributed by atoms with E-state index in [9.17, 15) is 14.4 Å². The van der Waals surface area contributed by atoms with Gasteiger partial charge in [0, 0.05) is 39.6 Å². The van der Waals surface area contributed by atoms with Crippen LogP contribution in [0.3, 0.4) is 0 Å². The summed E-state index contributed by atoms with van der Waals surface area (Å²) in [5.41, 5.74) is 0.656. The molecule has 2 aliphatic rings. The molecule has 3 rings (SSSR count). The van der Waals surface area contributed by atoms with E-state index in [2.05, 4.69) is 10.2 Å². The van der Waals surface area contributed by atoms with Gasteiger partial charge in [-0.1, -0.05) is 12.1 Å². The molecule has 0 spiro atoms. The van der Waals surface area contributed by atoms with Crippen molar-refractivity contribution >= 4 is 23.4 Å². The van der Waals surface area contributed by atoms with Crippen molar-refractivity contribution in [2.75, 3.05) is 51.7 Å². The molecule has 2 saturated heterocycles. The fourth-order valence-corrected chi connectivity index (χ4v) is 3.50. The smallest absolute Gasteiger partial charge is 0.246 e. The molecule has 8 nitrogen and oxygen atoms in total. The fraction of sp³-hybridized carbons (Fsp3) is 0.526. The van der Waals surface area contributed by atoms with E-state index >= 15 is 0 Å². The Kier molecular flexibility index (Phi) is 5.95. The Balaban J connectivity index is 1.53. The van der Waals surface area contributed by atoms with Crippen LogP contribution < -0.4 is 10.1 Å². The number of amides is 3. The second-order valence-corrected chi connectivity index (χ2v) is 6.83. The highest BCUT2D eigenvalue weighted by atomic mass is 16.5. The van der Waals surface area contributed by atoms with E-state index in [0.717, 1.165) is 0 Å². The van der Waals surface area contributed by atoms with E-state index in [1.54, 1.807) is 11.9 Å². The van der Waals surface area contributed by atoms with E-state index in [4.69, 9.17) is 4.74 Å². The fourth-order valence-electron chi connectivity index (χ4n) is 3.50. The van der Waals surface area contributed by atoms with Gasteiger partial charge in [-0.3, -0.25) is 19.3 Å². The molecule has 0 bridgehead atoms. The van der Waals surface area contributed by atoms with E-state index in [1.807, 2.05) is 31.2 Å². The first-order chi connectivity index (χ1) is 13.0. The predicted molar refractivity (Wildman–Crippen MR) is 100 cm³/mol. The van der Waals surface area contributed by atoms with E-state index in [0.29, 0.717) is 50.6 Å². The van der Waals surface area contributed by atoms with Crippen molar-refractivity contribution in [1.29, 1.82) is 0 Å². The number of hydrogen-bond donors (Lipinski definition) is 1. The minimum Gasteiger partial charge on any atom is -0.492 e. The van der Waals surface area contributed by atoms with Crippen molar-refractivity contribution in [3.8, 4) is 5.75 Å². The van der Waals surface area contributed by atoms with E-state index < -0.39 is 6.04 Å². The Bertz CT molecular complexity index is 723. The lowest BCUT2D eigenvalue weighted by atomic mass is 10.1. The first kappa shape index (κ1) is 19.2. The number of rotatable bonds is 6. The SMILES string of the molecule is CCOc1ccccc1NC(=O)CCN1CCN2C(=O)CN(C)C(=O)C2C1. The third-order valence-corrected chi connectivity index (χ3v) is 4.93. The molecule has 1 N–H and O–H groups in total. The van der Waals surface area contributed by atoms with Gasteiger partial charge >= 0.3 is 0 Å². The largest absolute Gasteiger partial charge is 0.492 e. The number of para-hydroxylation sites is 2. The molecular weight excluding hydrogens is 348 g/mol. The Hall–Kier alpha value is -2.61. The molecule has 146 valence electrons. The van der Waals surface area contributed by atoms with Crippen LogP contribution in [0.15, 0.2) is 24.3 Å². The van der Waals surface area contributed by atoms with Crippen LogP contribution in [-0.4, -0.2) is 84.8 Å². The Morgan fingerprint density at radius 1 is 1.26 bits per heavy atom. The molecule has 1 unspecified atom stereocenters. The maximum atomic E-state index is 12.3. The number of carbonyl (C=O) groups is 3. The van der Waals surface area contributed by atoms with Gasteiger partial charge < -0.3 is 19.9 Å². The summed E-state index contributed by atoms with van der Waals surface area (Å²) in [7, 11) is 1.65. The summed E-state index contributed by atoms with van der Waals surface area (Å²) in [5.74, 6) is 0.505. The van der Waals surface area contributed by atoms with Gasteiger partial charge in [-0.05, 0) is 19.1 Å². The van der Waals surface area contributed by atoms with Gasteiger partial charge in [0.25, 0.3) is 0 Å². The molecule has 8 heteroatoms. The minimum atomic E-state index is -0.438. The normalized spacial score (nSPS) is 20.4. The van der Waals surface area contributed by atoms with Crippen LogP contribution in [0.25, 0.3) is 0 Å². The van der Waals surface area contributed by atoms with Crippen LogP contribution in [0.2, 0.25) is 0 Å². The maximum absolute atomic E-state index is 12.3. The van der Waals surface area contributed by atoms with Crippen molar-refractivity contribution < 1.29 is 19.1 Å². The molecule has 2 fully saturated rings. The highest BCUT2D eigenvalue weighted by Crippen LogP contribution is 2.24. The summed E-state index contributed by atoms with van der Waals surface area (Å²) < 4.78 is 5.52. The second-order valence-electron chi connectivity index (χ2n) is 6.83.